The highest BCUT2D eigenvalue weighted by Gasteiger charge is 2.47. The highest BCUT2D eigenvalue weighted by Crippen LogP contribution is 2.45. The highest BCUT2D eigenvalue weighted by atomic mass is 16.5. The molecule has 1 fully saturated rings. The van der Waals surface area contributed by atoms with Crippen molar-refractivity contribution in [1.82, 2.24) is 0 Å². The van der Waals surface area contributed by atoms with Crippen molar-refractivity contribution in [3.63, 3.8) is 0 Å². The van der Waals surface area contributed by atoms with Crippen LogP contribution in [-0.2, 0) is 15.0 Å². The molecule has 1 N–H and O–H groups in total. The molecule has 0 aromatic heterocycles. The van der Waals surface area contributed by atoms with Gasteiger partial charge in [0.05, 0.1) is 25.8 Å². The summed E-state index contributed by atoms with van der Waals surface area (Å²) in [5.41, 5.74) is 2.34. The van der Waals surface area contributed by atoms with Crippen molar-refractivity contribution < 1.29 is 24.2 Å². The number of fused-ring (bicyclic) bond motifs is 1. The number of hydrogen-bond donors (Lipinski definition) is 1. The molecule has 0 spiro atoms. The van der Waals surface area contributed by atoms with E-state index in [-0.39, 0.29) is 16.7 Å². The van der Waals surface area contributed by atoms with E-state index in [1.807, 2.05) is 69.3 Å². The topological polar surface area (TPSA) is 76.1 Å². The van der Waals surface area contributed by atoms with Crippen LogP contribution in [0.4, 0.5) is 5.69 Å². The zero-order valence-electron chi connectivity index (χ0n) is 22.7. The highest BCUT2D eigenvalue weighted by molar-refractivity contribution is 6.51. The largest absolute Gasteiger partial charge is 0.507 e. The van der Waals surface area contributed by atoms with E-state index in [0.717, 1.165) is 21.9 Å². The van der Waals surface area contributed by atoms with E-state index >= 15 is 0 Å². The Kier molecular flexibility index (Phi) is 6.64. The van der Waals surface area contributed by atoms with Gasteiger partial charge in [0.25, 0.3) is 11.7 Å². The molecule has 1 aliphatic heterocycles. The van der Waals surface area contributed by atoms with Crippen LogP contribution >= 0.6 is 0 Å². The number of hydrogen-bond acceptors (Lipinski definition) is 5. The minimum atomic E-state index is -0.843. The summed E-state index contributed by atoms with van der Waals surface area (Å²) in [4.78, 5) is 28.8. The standard InChI is InChI=1S/C33H31NO5/c1-33(2,3)26-19-21(13-18-27(26)39-5)30(35)28-29(25-12-8-10-20-9-6-7-11-24(20)25)34(32(37)31(28)36)22-14-16-23(38-4)17-15-22/h6-19,29,35H,1-5H3/b30-28+. The van der Waals surface area contributed by atoms with Crippen LogP contribution in [0.15, 0.2) is 90.5 Å². The third-order valence-electron chi connectivity index (χ3n) is 7.19. The molecule has 1 aliphatic rings. The number of aliphatic hydroxyl groups excluding tert-OH is 1. The Balaban J connectivity index is 1.78. The maximum atomic E-state index is 13.7. The van der Waals surface area contributed by atoms with Crippen molar-refractivity contribution in [2.45, 2.75) is 32.2 Å². The van der Waals surface area contributed by atoms with Gasteiger partial charge in [-0.15, -0.1) is 0 Å². The second-order valence-electron chi connectivity index (χ2n) is 10.6. The summed E-state index contributed by atoms with van der Waals surface area (Å²) in [6.07, 6.45) is 0. The number of Topliss-reactive ketones (excluding diaryl/α,β-unsaturated/α-hetero) is 1. The molecule has 5 rings (SSSR count). The lowest BCUT2D eigenvalue weighted by Crippen LogP contribution is -2.29. The zero-order chi connectivity index (χ0) is 27.9. The normalized spacial score (nSPS) is 17.1. The second-order valence-corrected chi connectivity index (χ2v) is 10.6. The minimum absolute atomic E-state index is 0.0391. The van der Waals surface area contributed by atoms with Crippen LogP contribution in [0.25, 0.3) is 16.5 Å². The van der Waals surface area contributed by atoms with Gasteiger partial charge in [0.2, 0.25) is 0 Å². The first-order chi connectivity index (χ1) is 18.7. The summed E-state index contributed by atoms with van der Waals surface area (Å²) < 4.78 is 10.9. The smallest absolute Gasteiger partial charge is 0.300 e. The average Bonchev–Trinajstić information content (AvgIpc) is 3.21. The number of rotatable bonds is 5. The molecule has 6 nitrogen and oxygen atoms in total. The number of aliphatic hydroxyl groups is 1. The van der Waals surface area contributed by atoms with E-state index in [4.69, 9.17) is 9.47 Å². The van der Waals surface area contributed by atoms with E-state index in [0.29, 0.717) is 22.7 Å². The SMILES string of the molecule is COc1ccc(N2C(=O)C(=O)/C(=C(/O)c3ccc(OC)c(C(C)(C)C)c3)C2c2cccc3ccccc23)cc1. The Morgan fingerprint density at radius 1 is 0.846 bits per heavy atom. The van der Waals surface area contributed by atoms with E-state index in [1.165, 1.54) is 4.90 Å². The molecular formula is C33H31NO5. The van der Waals surface area contributed by atoms with Crippen LogP contribution in [0.5, 0.6) is 11.5 Å². The third kappa shape index (κ3) is 4.52. The number of carbonyl (C=O) groups excluding carboxylic acids is 2. The molecule has 4 aromatic rings. The predicted molar refractivity (Wildman–Crippen MR) is 153 cm³/mol. The first kappa shape index (κ1) is 26.0. The maximum absolute atomic E-state index is 13.7. The molecule has 198 valence electrons. The molecule has 0 radical (unpaired) electrons. The van der Waals surface area contributed by atoms with E-state index < -0.39 is 17.7 Å². The molecule has 0 aliphatic carbocycles. The van der Waals surface area contributed by atoms with Gasteiger partial charge in [0.1, 0.15) is 17.3 Å². The van der Waals surface area contributed by atoms with Gasteiger partial charge in [0.15, 0.2) is 0 Å². The number of benzene rings is 4. The molecule has 1 saturated heterocycles. The summed E-state index contributed by atoms with van der Waals surface area (Å²) in [6, 6.07) is 25.0. The first-order valence-corrected chi connectivity index (χ1v) is 12.8. The molecule has 1 atom stereocenters. The summed E-state index contributed by atoms with van der Waals surface area (Å²) in [5.74, 6) is -0.359. The van der Waals surface area contributed by atoms with E-state index in [9.17, 15) is 14.7 Å². The van der Waals surface area contributed by atoms with Gasteiger partial charge in [-0.1, -0.05) is 63.2 Å². The van der Waals surface area contributed by atoms with Crippen LogP contribution < -0.4 is 14.4 Å². The lowest BCUT2D eigenvalue weighted by Gasteiger charge is -2.27. The summed E-state index contributed by atoms with van der Waals surface area (Å²) in [5, 5.41) is 13.6. The lowest BCUT2D eigenvalue weighted by atomic mass is 9.84. The van der Waals surface area contributed by atoms with Crippen LogP contribution in [-0.4, -0.2) is 31.0 Å². The maximum Gasteiger partial charge on any atom is 0.300 e. The number of nitrogens with zero attached hydrogens (tertiary/aromatic N) is 1. The number of methoxy groups -OCH3 is 2. The number of anilines is 1. The summed E-state index contributed by atoms with van der Waals surface area (Å²) in [6.45, 7) is 6.15. The third-order valence-corrected chi connectivity index (χ3v) is 7.19. The summed E-state index contributed by atoms with van der Waals surface area (Å²) in [7, 11) is 3.17. The van der Waals surface area contributed by atoms with Crippen LogP contribution in [0.2, 0.25) is 0 Å². The molecule has 4 aromatic carbocycles. The fourth-order valence-electron chi connectivity index (χ4n) is 5.22. The molecular weight excluding hydrogens is 490 g/mol. The molecule has 0 saturated carbocycles. The van der Waals surface area contributed by atoms with Crippen molar-refractivity contribution in [3.8, 4) is 11.5 Å². The van der Waals surface area contributed by atoms with E-state index in [2.05, 4.69) is 0 Å². The first-order valence-electron chi connectivity index (χ1n) is 12.8. The van der Waals surface area contributed by atoms with Crippen LogP contribution in [0, 0.1) is 0 Å². The summed E-state index contributed by atoms with van der Waals surface area (Å²) >= 11 is 0. The molecule has 1 amide bonds. The Morgan fingerprint density at radius 3 is 2.21 bits per heavy atom. The molecule has 6 heteroatoms. The molecule has 0 bridgehead atoms. The van der Waals surface area contributed by atoms with Crippen molar-refractivity contribution in [2.24, 2.45) is 0 Å². The minimum Gasteiger partial charge on any atom is -0.507 e. The Labute approximate surface area is 228 Å². The number of carbonyl (C=O) groups is 2. The van der Waals surface area contributed by atoms with Crippen molar-refractivity contribution >= 4 is 33.9 Å². The monoisotopic (exact) mass is 521 g/mol. The molecule has 1 heterocycles. The Hall–Kier alpha value is -4.58. The average molecular weight is 522 g/mol. The van der Waals surface area contributed by atoms with E-state index in [1.54, 1.807) is 50.6 Å². The molecule has 39 heavy (non-hydrogen) atoms. The fraction of sp³-hybridized carbons (Fsp3) is 0.212. The van der Waals surface area contributed by atoms with Gasteiger partial charge in [-0.2, -0.15) is 0 Å². The number of ketones is 1. The number of ether oxygens (including phenoxy) is 2. The van der Waals surface area contributed by atoms with Crippen molar-refractivity contribution in [2.75, 3.05) is 19.1 Å². The molecule has 1 unspecified atom stereocenters. The number of amides is 1. The van der Waals surface area contributed by atoms with Crippen LogP contribution in [0.1, 0.15) is 43.5 Å². The zero-order valence-corrected chi connectivity index (χ0v) is 22.7. The van der Waals surface area contributed by atoms with Crippen molar-refractivity contribution in [1.29, 1.82) is 0 Å². The van der Waals surface area contributed by atoms with Gasteiger partial charge in [-0.05, 0) is 64.2 Å². The van der Waals surface area contributed by atoms with Gasteiger partial charge in [-0.25, -0.2) is 0 Å². The lowest BCUT2D eigenvalue weighted by molar-refractivity contribution is -0.132. The van der Waals surface area contributed by atoms with Crippen molar-refractivity contribution in [3.05, 3.63) is 107 Å². The predicted octanol–water partition coefficient (Wildman–Crippen LogP) is 6.78. The van der Waals surface area contributed by atoms with Gasteiger partial charge in [0, 0.05) is 16.8 Å². The fourth-order valence-corrected chi connectivity index (χ4v) is 5.22. The second kappa shape index (κ2) is 9.95. The van der Waals surface area contributed by atoms with Gasteiger partial charge in [-0.3, -0.25) is 14.5 Å². The van der Waals surface area contributed by atoms with Gasteiger partial charge >= 0.3 is 0 Å². The van der Waals surface area contributed by atoms with Gasteiger partial charge < -0.3 is 14.6 Å². The Bertz CT molecular complexity index is 1610. The Morgan fingerprint density at radius 2 is 1.54 bits per heavy atom. The van der Waals surface area contributed by atoms with Crippen LogP contribution in [0.3, 0.4) is 0 Å². The quantitative estimate of drug-likeness (QED) is 0.178.